The molecule has 0 aliphatic carbocycles. The predicted octanol–water partition coefficient (Wildman–Crippen LogP) is 2.14. The smallest absolute Gasteiger partial charge is 0.238 e. The number of benzene rings is 2. The lowest BCUT2D eigenvalue weighted by molar-refractivity contribution is -0.121. The largest absolute Gasteiger partial charge is 0.348 e. The molecule has 0 fully saturated rings. The summed E-state index contributed by atoms with van der Waals surface area (Å²) in [5, 5.41) is 10.7. The highest BCUT2D eigenvalue weighted by molar-refractivity contribution is 7.89. The number of nitrogens with two attached hydrogens (primary N) is 1. The average Bonchev–Trinajstić information content (AvgIpc) is 2.61. The molecule has 0 radical (unpaired) electrons. The maximum absolute atomic E-state index is 13.3. The second-order valence-electron chi connectivity index (χ2n) is 6.18. The first-order valence-corrected chi connectivity index (χ1v) is 9.73. The zero-order valence-electron chi connectivity index (χ0n) is 14.9. The van der Waals surface area contributed by atoms with Gasteiger partial charge in [-0.05, 0) is 49.2 Å². The summed E-state index contributed by atoms with van der Waals surface area (Å²) in [5.74, 6) is -2.17. The number of halogens is 2. The van der Waals surface area contributed by atoms with Crippen LogP contribution in [-0.4, -0.2) is 20.9 Å². The van der Waals surface area contributed by atoms with Crippen molar-refractivity contribution in [2.24, 2.45) is 5.14 Å². The highest BCUT2D eigenvalue weighted by Gasteiger charge is 2.14. The van der Waals surface area contributed by atoms with Crippen LogP contribution in [0.25, 0.3) is 0 Å². The van der Waals surface area contributed by atoms with Crippen molar-refractivity contribution in [3.8, 4) is 0 Å². The number of primary sulfonamides is 1. The Bertz CT molecular complexity index is 918. The molecule has 0 aliphatic heterocycles. The highest BCUT2D eigenvalue weighted by atomic mass is 32.2. The third kappa shape index (κ3) is 5.81. The average molecular weight is 397 g/mol. The van der Waals surface area contributed by atoms with Gasteiger partial charge in [-0.2, -0.15) is 0 Å². The Hall–Kier alpha value is -2.36. The van der Waals surface area contributed by atoms with E-state index in [1.165, 1.54) is 18.2 Å². The van der Waals surface area contributed by atoms with Crippen LogP contribution in [-0.2, 0) is 14.8 Å². The van der Waals surface area contributed by atoms with E-state index in [1.807, 2.05) is 0 Å². The number of carbonyl (C=O) groups excluding carboxylic acids is 1. The van der Waals surface area contributed by atoms with E-state index in [-0.39, 0.29) is 29.4 Å². The number of hydrogen-bond donors (Lipinski definition) is 3. The van der Waals surface area contributed by atoms with Crippen LogP contribution in [0.4, 0.5) is 8.78 Å². The first kappa shape index (κ1) is 20.9. The van der Waals surface area contributed by atoms with Gasteiger partial charge in [0.1, 0.15) is 0 Å². The third-order valence-corrected chi connectivity index (χ3v) is 5.03. The summed E-state index contributed by atoms with van der Waals surface area (Å²) in [6, 6.07) is 8.75. The Morgan fingerprint density at radius 1 is 1.00 bits per heavy atom. The molecule has 0 aromatic heterocycles. The quantitative estimate of drug-likeness (QED) is 0.666. The van der Waals surface area contributed by atoms with E-state index in [0.29, 0.717) is 11.1 Å². The van der Waals surface area contributed by atoms with Crippen LogP contribution in [0.5, 0.6) is 0 Å². The number of sulfonamides is 1. The highest BCUT2D eigenvalue weighted by Crippen LogP contribution is 2.17. The molecule has 6 nitrogen and oxygen atoms in total. The van der Waals surface area contributed by atoms with E-state index in [4.69, 9.17) is 5.14 Å². The van der Waals surface area contributed by atoms with Gasteiger partial charge in [-0.25, -0.2) is 22.3 Å². The topological polar surface area (TPSA) is 101 Å². The van der Waals surface area contributed by atoms with Crippen LogP contribution in [0.1, 0.15) is 37.1 Å². The van der Waals surface area contributed by atoms with Crippen molar-refractivity contribution in [1.29, 1.82) is 0 Å². The number of rotatable bonds is 7. The zero-order chi connectivity index (χ0) is 20.2. The van der Waals surface area contributed by atoms with Crippen LogP contribution in [0.2, 0.25) is 0 Å². The lowest BCUT2D eigenvalue weighted by Crippen LogP contribution is -2.36. The Morgan fingerprint density at radius 2 is 1.59 bits per heavy atom. The summed E-state index contributed by atoms with van der Waals surface area (Å²) in [4.78, 5) is 12.1. The summed E-state index contributed by atoms with van der Waals surface area (Å²) in [7, 11) is -3.77. The molecule has 146 valence electrons. The molecule has 1 amide bonds. The number of hydrogen-bond acceptors (Lipinski definition) is 4. The monoisotopic (exact) mass is 397 g/mol. The van der Waals surface area contributed by atoms with Crippen molar-refractivity contribution in [2.45, 2.75) is 30.8 Å². The minimum Gasteiger partial charge on any atom is -0.348 e. The molecule has 0 saturated carbocycles. The summed E-state index contributed by atoms with van der Waals surface area (Å²) >= 11 is 0. The van der Waals surface area contributed by atoms with Crippen molar-refractivity contribution in [3.63, 3.8) is 0 Å². The standard InChI is InChI=1S/C18H21F2N3O3S/c1-11(14-5-8-16(19)17(20)9-14)22-10-18(24)23-12(2)13-3-6-15(7-4-13)27(21,25)26/h3-9,11-12,22H,10H2,1-2H3,(H,23,24)(H2,21,25,26)/t11-,12+/m0/s1. The predicted molar refractivity (Wildman–Crippen MR) is 97.1 cm³/mol. The number of nitrogens with one attached hydrogen (secondary N) is 2. The minimum atomic E-state index is -3.77. The number of amides is 1. The van der Waals surface area contributed by atoms with Gasteiger partial charge in [0.2, 0.25) is 15.9 Å². The summed E-state index contributed by atoms with van der Waals surface area (Å²) < 4.78 is 48.7. The fourth-order valence-corrected chi connectivity index (χ4v) is 2.98. The van der Waals surface area contributed by atoms with Crippen molar-refractivity contribution in [2.75, 3.05) is 6.54 Å². The number of carbonyl (C=O) groups is 1. The summed E-state index contributed by atoms with van der Waals surface area (Å²) in [6.07, 6.45) is 0. The fraction of sp³-hybridized carbons (Fsp3) is 0.278. The second kappa shape index (κ2) is 8.55. The molecule has 2 atom stereocenters. The molecule has 4 N–H and O–H groups in total. The van der Waals surface area contributed by atoms with Gasteiger partial charge in [0.05, 0.1) is 17.5 Å². The van der Waals surface area contributed by atoms with E-state index in [1.54, 1.807) is 26.0 Å². The van der Waals surface area contributed by atoms with Gasteiger partial charge in [-0.15, -0.1) is 0 Å². The van der Waals surface area contributed by atoms with Gasteiger partial charge < -0.3 is 10.6 Å². The van der Waals surface area contributed by atoms with Crippen molar-refractivity contribution < 1.29 is 22.0 Å². The molecule has 0 bridgehead atoms. The van der Waals surface area contributed by atoms with E-state index in [9.17, 15) is 22.0 Å². The van der Waals surface area contributed by atoms with E-state index < -0.39 is 21.7 Å². The van der Waals surface area contributed by atoms with E-state index in [2.05, 4.69) is 10.6 Å². The Morgan fingerprint density at radius 3 is 2.15 bits per heavy atom. The lowest BCUT2D eigenvalue weighted by atomic mass is 10.1. The van der Waals surface area contributed by atoms with Crippen LogP contribution in [0.15, 0.2) is 47.4 Å². The first-order valence-electron chi connectivity index (χ1n) is 8.18. The first-order chi connectivity index (χ1) is 12.6. The Balaban J connectivity index is 1.90. The van der Waals surface area contributed by atoms with Gasteiger partial charge in [0.15, 0.2) is 11.6 Å². The SMILES string of the molecule is C[C@H](NCC(=O)N[C@H](C)c1ccc(S(N)(=O)=O)cc1)c1ccc(F)c(F)c1. The fourth-order valence-electron chi connectivity index (χ4n) is 2.47. The molecule has 2 aromatic rings. The molecule has 0 spiro atoms. The van der Waals surface area contributed by atoms with Gasteiger partial charge in [-0.3, -0.25) is 4.79 Å². The van der Waals surface area contributed by atoms with Gasteiger partial charge >= 0.3 is 0 Å². The molecular formula is C18H21F2N3O3S. The maximum Gasteiger partial charge on any atom is 0.238 e. The molecule has 0 saturated heterocycles. The van der Waals surface area contributed by atoms with Crippen molar-refractivity contribution >= 4 is 15.9 Å². The summed E-state index contributed by atoms with van der Waals surface area (Å²) in [5.41, 5.74) is 1.23. The zero-order valence-corrected chi connectivity index (χ0v) is 15.7. The van der Waals surface area contributed by atoms with Gasteiger partial charge in [-0.1, -0.05) is 18.2 Å². The van der Waals surface area contributed by atoms with Gasteiger partial charge in [0.25, 0.3) is 0 Å². The molecular weight excluding hydrogens is 376 g/mol. The van der Waals surface area contributed by atoms with Crippen molar-refractivity contribution in [3.05, 3.63) is 65.2 Å². The van der Waals surface area contributed by atoms with Crippen LogP contribution < -0.4 is 15.8 Å². The molecule has 0 heterocycles. The molecule has 0 unspecified atom stereocenters. The minimum absolute atomic E-state index is 0.00759. The van der Waals surface area contributed by atoms with Crippen LogP contribution in [0.3, 0.4) is 0 Å². The Labute approximate surface area is 156 Å². The molecule has 2 aromatic carbocycles. The third-order valence-electron chi connectivity index (χ3n) is 4.10. The second-order valence-corrected chi connectivity index (χ2v) is 7.74. The van der Waals surface area contributed by atoms with Crippen molar-refractivity contribution in [1.82, 2.24) is 10.6 Å². The molecule has 9 heteroatoms. The molecule has 2 rings (SSSR count). The van der Waals surface area contributed by atoms with E-state index in [0.717, 1.165) is 12.1 Å². The molecule has 0 aliphatic rings. The summed E-state index contributed by atoms with van der Waals surface area (Å²) in [6.45, 7) is 3.46. The maximum atomic E-state index is 13.3. The van der Waals surface area contributed by atoms with Crippen LogP contribution in [0, 0.1) is 11.6 Å². The molecule has 27 heavy (non-hydrogen) atoms. The normalized spacial score (nSPS) is 13.8. The van der Waals surface area contributed by atoms with E-state index >= 15 is 0 Å². The van der Waals surface area contributed by atoms with Crippen LogP contribution >= 0.6 is 0 Å². The lowest BCUT2D eigenvalue weighted by Gasteiger charge is -2.17. The van der Waals surface area contributed by atoms with Gasteiger partial charge in [0, 0.05) is 6.04 Å². The Kier molecular flexibility index (Phi) is 6.63.